The fourth-order valence-electron chi connectivity index (χ4n) is 3.22. The molecule has 1 N–H and O–H groups in total. The summed E-state index contributed by atoms with van der Waals surface area (Å²) in [5.74, 6) is 2.13. The lowest BCUT2D eigenvalue weighted by atomic mass is 10.1. The predicted octanol–water partition coefficient (Wildman–Crippen LogP) is 4.29. The summed E-state index contributed by atoms with van der Waals surface area (Å²) in [4.78, 5) is 27.2. The number of ether oxygens (including phenoxy) is 1. The summed E-state index contributed by atoms with van der Waals surface area (Å²) in [5, 5.41) is 2.84. The number of furan rings is 1. The lowest BCUT2D eigenvalue weighted by molar-refractivity contribution is 0.0945. The molecule has 0 atom stereocenters. The van der Waals surface area contributed by atoms with Crippen molar-refractivity contribution in [1.82, 2.24) is 5.32 Å². The van der Waals surface area contributed by atoms with Gasteiger partial charge in [-0.3, -0.25) is 9.59 Å². The van der Waals surface area contributed by atoms with Crippen LogP contribution >= 0.6 is 0 Å². The molecule has 0 saturated heterocycles. The number of anilines is 1. The van der Waals surface area contributed by atoms with E-state index in [1.54, 1.807) is 41.3 Å². The van der Waals surface area contributed by atoms with Crippen molar-refractivity contribution >= 4 is 17.5 Å². The number of aryl methyl sites for hydroxylation is 1. The van der Waals surface area contributed by atoms with E-state index >= 15 is 0 Å². The maximum atomic E-state index is 13.0. The van der Waals surface area contributed by atoms with Crippen molar-refractivity contribution < 1.29 is 18.7 Å². The Morgan fingerprint density at radius 1 is 1.07 bits per heavy atom. The SMILES string of the molecule is CCN1C(=O)c2ccccc2Oc2ccc(C(=O)NCc3ccc(C)o3)cc21. The van der Waals surface area contributed by atoms with E-state index in [4.69, 9.17) is 9.15 Å². The summed E-state index contributed by atoms with van der Waals surface area (Å²) in [7, 11) is 0. The second-order valence-electron chi connectivity index (χ2n) is 6.53. The summed E-state index contributed by atoms with van der Waals surface area (Å²) in [6.07, 6.45) is 0. The van der Waals surface area contributed by atoms with Crippen molar-refractivity contribution in [2.24, 2.45) is 0 Å². The van der Waals surface area contributed by atoms with Gasteiger partial charge in [0.25, 0.3) is 11.8 Å². The molecule has 28 heavy (non-hydrogen) atoms. The Bertz CT molecular complexity index is 1050. The number of rotatable bonds is 4. The average Bonchev–Trinajstić information content (AvgIpc) is 3.08. The third-order valence-electron chi connectivity index (χ3n) is 4.63. The summed E-state index contributed by atoms with van der Waals surface area (Å²) in [5.41, 5.74) is 1.52. The molecule has 0 spiro atoms. The first-order chi connectivity index (χ1) is 13.6. The minimum atomic E-state index is -0.248. The summed E-state index contributed by atoms with van der Waals surface area (Å²) in [6, 6.07) is 15.9. The highest BCUT2D eigenvalue weighted by molar-refractivity contribution is 6.10. The van der Waals surface area contributed by atoms with Crippen LogP contribution in [0.4, 0.5) is 5.69 Å². The van der Waals surface area contributed by atoms with Gasteiger partial charge in [0.15, 0.2) is 5.75 Å². The van der Waals surface area contributed by atoms with Crippen LogP contribution in [0.25, 0.3) is 0 Å². The van der Waals surface area contributed by atoms with Gasteiger partial charge in [0.2, 0.25) is 0 Å². The maximum absolute atomic E-state index is 13.0. The van der Waals surface area contributed by atoms with E-state index in [1.165, 1.54) is 0 Å². The predicted molar refractivity (Wildman–Crippen MR) is 105 cm³/mol. The van der Waals surface area contributed by atoms with Gasteiger partial charge < -0.3 is 19.4 Å². The van der Waals surface area contributed by atoms with E-state index in [2.05, 4.69) is 5.32 Å². The molecule has 0 radical (unpaired) electrons. The van der Waals surface area contributed by atoms with Gasteiger partial charge >= 0.3 is 0 Å². The molecule has 0 saturated carbocycles. The van der Waals surface area contributed by atoms with E-state index in [-0.39, 0.29) is 11.8 Å². The van der Waals surface area contributed by atoms with Crippen LogP contribution in [0.5, 0.6) is 11.5 Å². The third-order valence-corrected chi connectivity index (χ3v) is 4.63. The largest absolute Gasteiger partial charge is 0.465 e. The van der Waals surface area contributed by atoms with Gasteiger partial charge in [-0.15, -0.1) is 0 Å². The van der Waals surface area contributed by atoms with E-state index in [9.17, 15) is 9.59 Å². The van der Waals surface area contributed by atoms with Crippen LogP contribution in [-0.2, 0) is 6.54 Å². The molecule has 2 heterocycles. The minimum absolute atomic E-state index is 0.152. The highest BCUT2D eigenvalue weighted by atomic mass is 16.5. The number of benzene rings is 2. The lowest BCUT2D eigenvalue weighted by Crippen LogP contribution is -2.30. The molecule has 0 aliphatic carbocycles. The molecule has 6 heteroatoms. The number of carbonyl (C=O) groups excluding carboxylic acids is 2. The molecule has 6 nitrogen and oxygen atoms in total. The van der Waals surface area contributed by atoms with E-state index in [0.29, 0.717) is 47.2 Å². The van der Waals surface area contributed by atoms with E-state index in [0.717, 1.165) is 5.76 Å². The topological polar surface area (TPSA) is 71.8 Å². The number of nitrogens with one attached hydrogen (secondary N) is 1. The Kier molecular flexibility index (Phi) is 4.61. The fourth-order valence-corrected chi connectivity index (χ4v) is 3.22. The second kappa shape index (κ2) is 7.23. The van der Waals surface area contributed by atoms with Crippen molar-refractivity contribution in [1.29, 1.82) is 0 Å². The summed E-state index contributed by atoms with van der Waals surface area (Å²) < 4.78 is 11.4. The molecule has 2 amide bonds. The summed E-state index contributed by atoms with van der Waals surface area (Å²) in [6.45, 7) is 4.50. The molecule has 1 aromatic heterocycles. The molecule has 3 aromatic rings. The van der Waals surface area contributed by atoms with Crippen LogP contribution in [-0.4, -0.2) is 18.4 Å². The van der Waals surface area contributed by atoms with E-state index < -0.39 is 0 Å². The zero-order chi connectivity index (χ0) is 19.7. The highest BCUT2D eigenvalue weighted by Crippen LogP contribution is 2.39. The molecule has 2 aromatic carbocycles. The van der Waals surface area contributed by atoms with Gasteiger partial charge in [-0.25, -0.2) is 0 Å². The smallest absolute Gasteiger partial charge is 0.262 e. The van der Waals surface area contributed by atoms with Crippen molar-refractivity contribution in [2.75, 3.05) is 11.4 Å². The lowest BCUT2D eigenvalue weighted by Gasteiger charge is -2.20. The van der Waals surface area contributed by atoms with Crippen molar-refractivity contribution in [2.45, 2.75) is 20.4 Å². The quantitative estimate of drug-likeness (QED) is 0.737. The van der Waals surface area contributed by atoms with Crippen LogP contribution in [0.1, 0.15) is 39.2 Å². The highest BCUT2D eigenvalue weighted by Gasteiger charge is 2.27. The second-order valence-corrected chi connectivity index (χ2v) is 6.53. The third kappa shape index (κ3) is 3.24. The van der Waals surface area contributed by atoms with E-state index in [1.807, 2.05) is 32.0 Å². The molecule has 142 valence electrons. The van der Waals surface area contributed by atoms with Crippen LogP contribution in [0, 0.1) is 6.92 Å². The van der Waals surface area contributed by atoms with Crippen LogP contribution in [0.3, 0.4) is 0 Å². The molecule has 0 bridgehead atoms. The van der Waals surface area contributed by atoms with Crippen molar-refractivity contribution in [3.05, 3.63) is 77.2 Å². The maximum Gasteiger partial charge on any atom is 0.262 e. The van der Waals surface area contributed by atoms with Crippen molar-refractivity contribution in [3.63, 3.8) is 0 Å². The zero-order valence-corrected chi connectivity index (χ0v) is 15.7. The number of para-hydroxylation sites is 1. The molecule has 1 aliphatic rings. The Hall–Kier alpha value is -3.54. The molecule has 4 rings (SSSR count). The molecular formula is C22H20N2O4. The monoisotopic (exact) mass is 376 g/mol. The van der Waals surface area contributed by atoms with Gasteiger partial charge in [-0.1, -0.05) is 12.1 Å². The first kappa shape index (κ1) is 17.9. The average molecular weight is 376 g/mol. The van der Waals surface area contributed by atoms with Gasteiger partial charge in [-0.05, 0) is 56.3 Å². The van der Waals surface area contributed by atoms with Gasteiger partial charge in [0.1, 0.15) is 17.3 Å². The molecular weight excluding hydrogens is 356 g/mol. The Morgan fingerprint density at radius 2 is 1.89 bits per heavy atom. The molecule has 0 unspecified atom stereocenters. The number of nitrogens with zero attached hydrogens (tertiary/aromatic N) is 1. The standard InChI is InChI=1S/C22H20N2O4/c1-3-24-18-12-15(21(25)23-13-16-10-8-14(2)27-16)9-11-20(18)28-19-7-5-4-6-17(19)22(24)26/h4-12H,3,13H2,1-2H3,(H,23,25). The van der Waals surface area contributed by atoms with Crippen LogP contribution < -0.4 is 15.0 Å². The number of carbonyl (C=O) groups is 2. The Balaban J connectivity index is 1.63. The first-order valence-corrected chi connectivity index (χ1v) is 9.13. The van der Waals surface area contributed by atoms with Crippen LogP contribution in [0.15, 0.2) is 59.0 Å². The number of hydrogen-bond donors (Lipinski definition) is 1. The van der Waals surface area contributed by atoms with Gasteiger partial charge in [-0.2, -0.15) is 0 Å². The number of fused-ring (bicyclic) bond motifs is 2. The van der Waals surface area contributed by atoms with Crippen LogP contribution in [0.2, 0.25) is 0 Å². The Morgan fingerprint density at radius 3 is 2.64 bits per heavy atom. The van der Waals surface area contributed by atoms with Gasteiger partial charge in [0.05, 0.1) is 17.8 Å². The Labute approximate surface area is 162 Å². The molecule has 0 fully saturated rings. The van der Waals surface area contributed by atoms with Crippen molar-refractivity contribution in [3.8, 4) is 11.5 Å². The first-order valence-electron chi connectivity index (χ1n) is 9.13. The minimum Gasteiger partial charge on any atom is -0.465 e. The van der Waals surface area contributed by atoms with Gasteiger partial charge in [0, 0.05) is 12.1 Å². The summed E-state index contributed by atoms with van der Waals surface area (Å²) >= 11 is 0. The number of amides is 2. The zero-order valence-electron chi connectivity index (χ0n) is 15.7. The number of hydrogen-bond acceptors (Lipinski definition) is 4. The molecule has 1 aliphatic heterocycles. The fraction of sp³-hybridized carbons (Fsp3) is 0.182. The normalized spacial score (nSPS) is 12.6.